The molecule has 17 heavy (non-hydrogen) atoms. The average Bonchev–Trinajstić information content (AvgIpc) is 2.25. The number of carboxylic acids is 1. The second-order valence-corrected chi connectivity index (χ2v) is 4.48. The van der Waals surface area contributed by atoms with Gasteiger partial charge in [-0.3, -0.25) is 4.79 Å². The van der Waals surface area contributed by atoms with Gasteiger partial charge in [-0.25, -0.2) is 4.79 Å². The van der Waals surface area contributed by atoms with Crippen LogP contribution in [0.15, 0.2) is 0 Å². The van der Waals surface area contributed by atoms with Crippen LogP contribution in [0.4, 0.5) is 4.79 Å². The van der Waals surface area contributed by atoms with Crippen molar-refractivity contribution < 1.29 is 14.7 Å². The van der Waals surface area contributed by atoms with Crippen LogP contribution in [0, 0.1) is 5.92 Å². The SMILES string of the molecule is CC(CCNC(=O)N(C)CCN(C)C)C(=O)O. The van der Waals surface area contributed by atoms with Gasteiger partial charge in [-0.2, -0.15) is 0 Å². The molecule has 1 unspecified atom stereocenters. The van der Waals surface area contributed by atoms with Crippen LogP contribution < -0.4 is 5.32 Å². The molecule has 0 aliphatic heterocycles. The van der Waals surface area contributed by atoms with Crippen molar-refractivity contribution in [1.82, 2.24) is 15.1 Å². The van der Waals surface area contributed by atoms with E-state index >= 15 is 0 Å². The number of amides is 2. The van der Waals surface area contributed by atoms with E-state index in [4.69, 9.17) is 5.11 Å². The number of urea groups is 1. The van der Waals surface area contributed by atoms with Gasteiger partial charge in [-0.1, -0.05) is 6.92 Å². The van der Waals surface area contributed by atoms with Crippen LogP contribution in [0.25, 0.3) is 0 Å². The Labute approximate surface area is 103 Å². The fourth-order valence-electron chi connectivity index (χ4n) is 1.11. The maximum atomic E-state index is 11.6. The number of carbonyl (C=O) groups excluding carboxylic acids is 1. The van der Waals surface area contributed by atoms with Crippen molar-refractivity contribution >= 4 is 12.0 Å². The molecule has 0 rings (SSSR count). The van der Waals surface area contributed by atoms with Gasteiger partial charge >= 0.3 is 12.0 Å². The van der Waals surface area contributed by atoms with Crippen molar-refractivity contribution in [2.75, 3.05) is 40.8 Å². The minimum Gasteiger partial charge on any atom is -0.481 e. The first-order valence-corrected chi connectivity index (χ1v) is 5.71. The topological polar surface area (TPSA) is 72.9 Å². The minimum absolute atomic E-state index is 0.163. The van der Waals surface area contributed by atoms with E-state index in [-0.39, 0.29) is 6.03 Å². The molecule has 0 bridgehead atoms. The van der Waals surface area contributed by atoms with Gasteiger partial charge in [0.05, 0.1) is 5.92 Å². The molecule has 0 radical (unpaired) electrons. The van der Waals surface area contributed by atoms with E-state index in [1.807, 2.05) is 19.0 Å². The Bertz CT molecular complexity index is 256. The van der Waals surface area contributed by atoms with E-state index in [2.05, 4.69) is 5.32 Å². The number of rotatable bonds is 7. The third-order valence-electron chi connectivity index (χ3n) is 2.50. The molecule has 0 saturated carbocycles. The zero-order chi connectivity index (χ0) is 13.4. The Morgan fingerprint density at radius 2 is 1.82 bits per heavy atom. The summed E-state index contributed by atoms with van der Waals surface area (Å²) in [6.07, 6.45) is 0.447. The molecule has 0 aromatic heterocycles. The molecule has 0 aliphatic carbocycles. The maximum absolute atomic E-state index is 11.6. The molecule has 100 valence electrons. The van der Waals surface area contributed by atoms with Gasteiger partial charge in [0, 0.05) is 26.7 Å². The summed E-state index contributed by atoms with van der Waals surface area (Å²) in [4.78, 5) is 25.7. The molecular formula is C11H23N3O3. The summed E-state index contributed by atoms with van der Waals surface area (Å²) in [6, 6.07) is -0.163. The highest BCUT2D eigenvalue weighted by Crippen LogP contribution is 1.99. The molecule has 0 aromatic rings. The third-order valence-corrected chi connectivity index (χ3v) is 2.50. The zero-order valence-corrected chi connectivity index (χ0v) is 11.1. The van der Waals surface area contributed by atoms with Crippen LogP contribution in [-0.4, -0.2) is 67.7 Å². The van der Waals surface area contributed by atoms with Gasteiger partial charge in [-0.15, -0.1) is 0 Å². The summed E-state index contributed by atoms with van der Waals surface area (Å²) in [6.45, 7) is 3.46. The fraction of sp³-hybridized carbons (Fsp3) is 0.818. The lowest BCUT2D eigenvalue weighted by atomic mass is 10.1. The van der Waals surface area contributed by atoms with Crippen LogP contribution in [0.5, 0.6) is 0 Å². The van der Waals surface area contributed by atoms with Crippen molar-refractivity contribution in [3.63, 3.8) is 0 Å². The summed E-state index contributed by atoms with van der Waals surface area (Å²) in [5.41, 5.74) is 0. The van der Waals surface area contributed by atoms with Gasteiger partial charge in [0.25, 0.3) is 0 Å². The Balaban J connectivity index is 3.74. The molecule has 1 atom stereocenters. The van der Waals surface area contributed by atoms with Gasteiger partial charge in [0.1, 0.15) is 0 Å². The summed E-state index contributed by atoms with van der Waals surface area (Å²) in [7, 11) is 5.61. The highest BCUT2D eigenvalue weighted by Gasteiger charge is 2.12. The largest absolute Gasteiger partial charge is 0.481 e. The Kier molecular flexibility index (Phi) is 7.29. The molecule has 0 saturated heterocycles. The molecular weight excluding hydrogens is 222 g/mol. The van der Waals surface area contributed by atoms with E-state index in [9.17, 15) is 9.59 Å². The minimum atomic E-state index is -0.833. The summed E-state index contributed by atoms with van der Waals surface area (Å²) < 4.78 is 0. The van der Waals surface area contributed by atoms with Crippen molar-refractivity contribution in [1.29, 1.82) is 0 Å². The lowest BCUT2D eigenvalue weighted by Crippen LogP contribution is -2.41. The van der Waals surface area contributed by atoms with Crippen LogP contribution >= 0.6 is 0 Å². The molecule has 0 aromatic carbocycles. The number of aliphatic carboxylic acids is 1. The van der Waals surface area contributed by atoms with Gasteiger partial charge in [0.2, 0.25) is 0 Å². The molecule has 0 heterocycles. The molecule has 2 N–H and O–H groups in total. The number of carboxylic acid groups (broad SMARTS) is 1. The molecule has 0 spiro atoms. The van der Waals surface area contributed by atoms with Crippen molar-refractivity contribution in [2.24, 2.45) is 5.92 Å². The van der Waals surface area contributed by atoms with E-state index in [0.29, 0.717) is 19.5 Å². The quantitative estimate of drug-likeness (QED) is 0.676. The number of hydrogen-bond donors (Lipinski definition) is 2. The van der Waals surface area contributed by atoms with E-state index in [0.717, 1.165) is 6.54 Å². The van der Waals surface area contributed by atoms with Gasteiger partial charge in [0.15, 0.2) is 0 Å². The predicted molar refractivity (Wildman–Crippen MR) is 66.0 cm³/mol. The molecule has 6 nitrogen and oxygen atoms in total. The predicted octanol–water partition coefficient (Wildman–Crippen LogP) is 0.300. The van der Waals surface area contributed by atoms with E-state index in [1.54, 1.807) is 18.9 Å². The number of nitrogens with zero attached hydrogens (tertiary/aromatic N) is 2. The normalized spacial score (nSPS) is 12.3. The average molecular weight is 245 g/mol. The second-order valence-electron chi connectivity index (χ2n) is 4.48. The van der Waals surface area contributed by atoms with Crippen LogP contribution in [-0.2, 0) is 4.79 Å². The van der Waals surface area contributed by atoms with E-state index < -0.39 is 11.9 Å². The number of carbonyl (C=O) groups is 2. The maximum Gasteiger partial charge on any atom is 0.317 e. The first-order chi connectivity index (χ1) is 7.84. The van der Waals surface area contributed by atoms with Crippen LogP contribution in [0.2, 0.25) is 0 Å². The standard InChI is InChI=1S/C11H23N3O3/c1-9(10(15)16)5-6-12-11(17)14(4)8-7-13(2)3/h9H,5-8H2,1-4H3,(H,12,17)(H,15,16). The molecule has 0 aliphatic rings. The summed E-state index contributed by atoms with van der Waals surface area (Å²) in [5, 5.41) is 11.4. The lowest BCUT2D eigenvalue weighted by molar-refractivity contribution is -0.141. The highest BCUT2D eigenvalue weighted by molar-refractivity contribution is 5.74. The molecule has 2 amide bonds. The number of hydrogen-bond acceptors (Lipinski definition) is 3. The van der Waals surface area contributed by atoms with Gasteiger partial charge in [-0.05, 0) is 20.5 Å². The Morgan fingerprint density at radius 1 is 1.24 bits per heavy atom. The summed E-state index contributed by atoms with van der Waals surface area (Å²) in [5.74, 6) is -1.26. The van der Waals surface area contributed by atoms with Gasteiger partial charge < -0.3 is 20.2 Å². The van der Waals surface area contributed by atoms with Crippen LogP contribution in [0.1, 0.15) is 13.3 Å². The molecule has 0 fully saturated rings. The molecule has 6 heteroatoms. The highest BCUT2D eigenvalue weighted by atomic mass is 16.4. The van der Waals surface area contributed by atoms with Crippen molar-refractivity contribution in [3.05, 3.63) is 0 Å². The van der Waals surface area contributed by atoms with Crippen molar-refractivity contribution in [3.8, 4) is 0 Å². The lowest BCUT2D eigenvalue weighted by Gasteiger charge is -2.20. The van der Waals surface area contributed by atoms with E-state index in [1.165, 1.54) is 0 Å². The van der Waals surface area contributed by atoms with Crippen LogP contribution in [0.3, 0.4) is 0 Å². The fourth-order valence-corrected chi connectivity index (χ4v) is 1.11. The Morgan fingerprint density at radius 3 is 2.29 bits per heavy atom. The number of nitrogens with one attached hydrogen (secondary N) is 1. The first-order valence-electron chi connectivity index (χ1n) is 5.71. The monoisotopic (exact) mass is 245 g/mol. The second kappa shape index (κ2) is 7.89. The summed E-state index contributed by atoms with van der Waals surface area (Å²) >= 11 is 0. The smallest absolute Gasteiger partial charge is 0.317 e. The first kappa shape index (κ1) is 15.7. The van der Waals surface area contributed by atoms with Crippen molar-refractivity contribution in [2.45, 2.75) is 13.3 Å². The number of likely N-dealkylation sites (N-methyl/N-ethyl adjacent to an activating group) is 2. The Hall–Kier alpha value is -1.30. The third kappa shape index (κ3) is 7.57. The zero-order valence-electron chi connectivity index (χ0n) is 11.1.